The lowest BCUT2D eigenvalue weighted by atomic mass is 9.99. The van der Waals surface area contributed by atoms with E-state index in [-0.39, 0.29) is 23.5 Å². The van der Waals surface area contributed by atoms with Crippen LogP contribution in [0.15, 0.2) is 0 Å². The lowest BCUT2D eigenvalue weighted by Crippen LogP contribution is -2.52. The number of urea groups is 1. The first-order valence-electron chi connectivity index (χ1n) is 6.64. The molecule has 0 aromatic carbocycles. The molecule has 3 atom stereocenters. The van der Waals surface area contributed by atoms with Crippen LogP contribution >= 0.6 is 0 Å². The third-order valence-electron chi connectivity index (χ3n) is 3.83. The van der Waals surface area contributed by atoms with Gasteiger partial charge >= 0.3 is 12.0 Å². The van der Waals surface area contributed by atoms with Crippen LogP contribution < -0.4 is 5.32 Å². The summed E-state index contributed by atoms with van der Waals surface area (Å²) in [7, 11) is -1.58. The summed E-state index contributed by atoms with van der Waals surface area (Å²) in [6.07, 6.45) is 1.02. The maximum absolute atomic E-state index is 12.0. The number of nitrogens with zero attached hydrogens (tertiary/aromatic N) is 1. The fraction of sp³-hybridized carbons (Fsp3) is 0.833. The molecular weight excluding hydrogens is 284 g/mol. The van der Waals surface area contributed by atoms with Crippen molar-refractivity contribution in [2.45, 2.75) is 38.8 Å². The first kappa shape index (κ1) is 16.7. The Labute approximate surface area is 119 Å². The van der Waals surface area contributed by atoms with E-state index in [1.165, 1.54) is 11.9 Å². The number of carboxylic acids is 1. The second kappa shape index (κ2) is 6.43. The van der Waals surface area contributed by atoms with Crippen molar-refractivity contribution in [1.29, 1.82) is 0 Å². The van der Waals surface area contributed by atoms with Gasteiger partial charge in [-0.1, -0.05) is 20.3 Å². The quantitative estimate of drug-likeness (QED) is 0.761. The SMILES string of the molecule is CCC(C)[C@H](NC(=O)N(C)C1CCS(=O)(=O)C1)C(=O)O. The molecule has 0 saturated carbocycles. The molecule has 0 aromatic heterocycles. The average molecular weight is 306 g/mol. The van der Waals surface area contributed by atoms with Crippen molar-refractivity contribution in [1.82, 2.24) is 10.2 Å². The smallest absolute Gasteiger partial charge is 0.326 e. The molecule has 2 unspecified atom stereocenters. The number of amides is 2. The van der Waals surface area contributed by atoms with Gasteiger partial charge in [0.2, 0.25) is 0 Å². The van der Waals surface area contributed by atoms with Crippen molar-refractivity contribution in [3.05, 3.63) is 0 Å². The summed E-state index contributed by atoms with van der Waals surface area (Å²) in [6, 6.07) is -1.89. The number of carbonyl (C=O) groups is 2. The first-order valence-corrected chi connectivity index (χ1v) is 8.46. The second-order valence-corrected chi connectivity index (χ2v) is 7.55. The molecule has 1 aliphatic rings. The number of hydrogen-bond donors (Lipinski definition) is 2. The van der Waals surface area contributed by atoms with E-state index in [9.17, 15) is 18.0 Å². The van der Waals surface area contributed by atoms with E-state index in [1.54, 1.807) is 6.92 Å². The van der Waals surface area contributed by atoms with Crippen molar-refractivity contribution in [3.63, 3.8) is 0 Å². The second-order valence-electron chi connectivity index (χ2n) is 5.32. The topological polar surface area (TPSA) is 104 Å². The van der Waals surface area contributed by atoms with Crippen molar-refractivity contribution < 1.29 is 23.1 Å². The van der Waals surface area contributed by atoms with Crippen molar-refractivity contribution in [2.75, 3.05) is 18.6 Å². The number of aliphatic carboxylic acids is 1. The minimum Gasteiger partial charge on any atom is -0.480 e. The Morgan fingerprint density at radius 1 is 1.45 bits per heavy atom. The monoisotopic (exact) mass is 306 g/mol. The zero-order valence-corrected chi connectivity index (χ0v) is 12.8. The molecule has 7 nitrogen and oxygen atoms in total. The van der Waals surface area contributed by atoms with E-state index in [0.717, 1.165) is 0 Å². The van der Waals surface area contributed by atoms with Crippen LogP contribution in [-0.2, 0) is 14.6 Å². The largest absolute Gasteiger partial charge is 0.480 e. The summed E-state index contributed by atoms with van der Waals surface area (Å²) in [4.78, 5) is 24.5. The van der Waals surface area contributed by atoms with Gasteiger partial charge in [-0.05, 0) is 12.3 Å². The van der Waals surface area contributed by atoms with Crippen molar-refractivity contribution in [3.8, 4) is 0 Å². The van der Waals surface area contributed by atoms with E-state index in [1.807, 2.05) is 6.92 Å². The van der Waals surface area contributed by atoms with Gasteiger partial charge in [0.05, 0.1) is 11.5 Å². The number of sulfone groups is 1. The van der Waals surface area contributed by atoms with Crippen LogP contribution in [0.4, 0.5) is 4.79 Å². The zero-order chi connectivity index (χ0) is 15.5. The van der Waals surface area contributed by atoms with E-state index in [4.69, 9.17) is 5.11 Å². The molecule has 1 heterocycles. The Morgan fingerprint density at radius 2 is 2.05 bits per heavy atom. The normalized spacial score (nSPS) is 23.9. The van der Waals surface area contributed by atoms with Gasteiger partial charge in [-0.3, -0.25) is 0 Å². The fourth-order valence-corrected chi connectivity index (χ4v) is 3.94. The predicted octanol–water partition coefficient (Wildman–Crippen LogP) is 0.314. The molecule has 1 saturated heterocycles. The van der Waals surface area contributed by atoms with Crippen LogP contribution in [0.2, 0.25) is 0 Å². The highest BCUT2D eigenvalue weighted by Crippen LogP contribution is 2.17. The van der Waals surface area contributed by atoms with E-state index in [0.29, 0.717) is 12.8 Å². The molecule has 20 heavy (non-hydrogen) atoms. The van der Waals surface area contributed by atoms with Crippen LogP contribution in [0.5, 0.6) is 0 Å². The molecule has 2 N–H and O–H groups in total. The summed E-state index contributed by atoms with van der Waals surface area (Å²) in [5.74, 6) is -1.27. The fourth-order valence-electron chi connectivity index (χ4n) is 2.16. The Balaban J connectivity index is 2.67. The zero-order valence-electron chi connectivity index (χ0n) is 12.0. The highest BCUT2D eigenvalue weighted by molar-refractivity contribution is 7.91. The van der Waals surface area contributed by atoms with E-state index < -0.39 is 27.9 Å². The molecule has 116 valence electrons. The maximum atomic E-state index is 12.0. The molecule has 2 amide bonds. The number of hydrogen-bond acceptors (Lipinski definition) is 4. The Bertz CT molecular complexity index is 476. The van der Waals surface area contributed by atoms with Crippen LogP contribution in [-0.4, -0.2) is 61.1 Å². The highest BCUT2D eigenvalue weighted by Gasteiger charge is 2.34. The third-order valence-corrected chi connectivity index (χ3v) is 5.58. The number of nitrogens with one attached hydrogen (secondary N) is 1. The van der Waals surface area contributed by atoms with E-state index in [2.05, 4.69) is 5.32 Å². The molecule has 1 fully saturated rings. The molecule has 0 aliphatic carbocycles. The predicted molar refractivity (Wildman–Crippen MR) is 74.2 cm³/mol. The lowest BCUT2D eigenvalue weighted by molar-refractivity contribution is -0.140. The lowest BCUT2D eigenvalue weighted by Gasteiger charge is -2.27. The minimum atomic E-state index is -3.08. The molecular formula is C12H22N2O5S. The molecule has 0 spiro atoms. The number of rotatable bonds is 5. The van der Waals surface area contributed by atoms with Gasteiger partial charge in [-0.25, -0.2) is 18.0 Å². The van der Waals surface area contributed by atoms with Gasteiger partial charge in [0.1, 0.15) is 6.04 Å². The average Bonchev–Trinajstić information content (AvgIpc) is 2.73. The molecule has 1 rings (SSSR count). The van der Waals surface area contributed by atoms with Gasteiger partial charge in [0, 0.05) is 13.1 Å². The molecule has 0 aromatic rings. The Kier molecular flexibility index (Phi) is 5.38. The standard InChI is InChI=1S/C12H22N2O5S/c1-4-8(2)10(11(15)16)13-12(17)14(3)9-5-6-20(18,19)7-9/h8-10H,4-7H2,1-3H3,(H,13,17)(H,15,16)/t8?,9?,10-/m0/s1. The van der Waals surface area contributed by atoms with Gasteiger partial charge in [-0.15, -0.1) is 0 Å². The maximum Gasteiger partial charge on any atom is 0.326 e. The Morgan fingerprint density at radius 3 is 2.45 bits per heavy atom. The molecule has 0 bridgehead atoms. The summed E-state index contributed by atoms with van der Waals surface area (Å²) >= 11 is 0. The van der Waals surface area contributed by atoms with Crippen LogP contribution in [0.3, 0.4) is 0 Å². The first-order chi connectivity index (χ1) is 9.18. The summed E-state index contributed by atoms with van der Waals surface area (Å²) in [6.45, 7) is 3.60. The highest BCUT2D eigenvalue weighted by atomic mass is 32.2. The molecule has 8 heteroatoms. The van der Waals surface area contributed by atoms with Gasteiger partial charge in [-0.2, -0.15) is 0 Å². The van der Waals surface area contributed by atoms with E-state index >= 15 is 0 Å². The van der Waals surface area contributed by atoms with Crippen molar-refractivity contribution >= 4 is 21.8 Å². The number of carbonyl (C=O) groups excluding carboxylic acids is 1. The van der Waals surface area contributed by atoms with Crippen LogP contribution in [0, 0.1) is 5.92 Å². The van der Waals surface area contributed by atoms with Crippen molar-refractivity contribution in [2.24, 2.45) is 5.92 Å². The van der Waals surface area contributed by atoms with Gasteiger partial charge < -0.3 is 15.3 Å². The molecule has 0 radical (unpaired) electrons. The summed E-state index contributed by atoms with van der Waals surface area (Å²) < 4.78 is 22.8. The van der Waals surface area contributed by atoms with Crippen LogP contribution in [0.25, 0.3) is 0 Å². The van der Waals surface area contributed by atoms with Gasteiger partial charge in [0.25, 0.3) is 0 Å². The van der Waals surface area contributed by atoms with Gasteiger partial charge in [0.15, 0.2) is 9.84 Å². The molecule has 1 aliphatic heterocycles. The summed E-state index contributed by atoms with van der Waals surface area (Å²) in [5, 5.41) is 11.6. The Hall–Kier alpha value is -1.31. The minimum absolute atomic E-state index is 0.0576. The van der Waals surface area contributed by atoms with Crippen LogP contribution in [0.1, 0.15) is 26.7 Å². The summed E-state index contributed by atoms with van der Waals surface area (Å²) in [5.41, 5.74) is 0. The third kappa shape index (κ3) is 4.09. The number of carboxylic acid groups (broad SMARTS) is 1.